The second-order valence-electron chi connectivity index (χ2n) is 7.34. The first-order valence-electron chi connectivity index (χ1n) is 9.40. The number of ether oxygens (including phenoxy) is 2. The minimum Gasteiger partial charge on any atom is -0.454 e. The van der Waals surface area contributed by atoms with Gasteiger partial charge in [0.2, 0.25) is 12.7 Å². The molecule has 1 aromatic heterocycles. The van der Waals surface area contributed by atoms with Crippen LogP contribution in [0.5, 0.6) is 11.5 Å². The molecule has 0 bridgehead atoms. The highest BCUT2D eigenvalue weighted by Crippen LogP contribution is 2.38. The highest BCUT2D eigenvalue weighted by Gasteiger charge is 2.35. The Bertz CT molecular complexity index is 1060. The minimum absolute atomic E-state index is 0.0237. The summed E-state index contributed by atoms with van der Waals surface area (Å²) in [6.07, 6.45) is 0.340. The molecule has 3 heterocycles. The minimum atomic E-state index is -0.119. The van der Waals surface area contributed by atoms with E-state index in [1.54, 1.807) is 4.90 Å². The Morgan fingerprint density at radius 2 is 1.86 bits per heavy atom. The van der Waals surface area contributed by atoms with Gasteiger partial charge in [-0.3, -0.25) is 4.79 Å². The number of hydrogen-bond acceptors (Lipinski definition) is 7. The molecular formula is C21H20N4O4. The SMILES string of the molecule is CN(C)c1ccc(-c2nc(C3CC(=O)N(c4ccc5c(c4)OCO5)C3)no2)cc1. The van der Waals surface area contributed by atoms with Crippen molar-refractivity contribution in [3.05, 3.63) is 48.3 Å². The Kier molecular flexibility index (Phi) is 4.12. The molecule has 2 aliphatic rings. The summed E-state index contributed by atoms with van der Waals surface area (Å²) in [5.41, 5.74) is 2.73. The van der Waals surface area contributed by atoms with E-state index in [2.05, 4.69) is 10.1 Å². The van der Waals surface area contributed by atoms with Gasteiger partial charge in [-0.1, -0.05) is 5.16 Å². The lowest BCUT2D eigenvalue weighted by Crippen LogP contribution is -2.24. The molecular weight excluding hydrogens is 372 g/mol. The summed E-state index contributed by atoms with van der Waals surface area (Å²) in [4.78, 5) is 20.9. The molecule has 5 rings (SSSR count). The van der Waals surface area contributed by atoms with Crippen molar-refractivity contribution in [1.82, 2.24) is 10.1 Å². The third kappa shape index (κ3) is 3.16. The summed E-state index contributed by atoms with van der Waals surface area (Å²) in [6, 6.07) is 13.4. The summed E-state index contributed by atoms with van der Waals surface area (Å²) >= 11 is 0. The largest absolute Gasteiger partial charge is 0.454 e. The van der Waals surface area contributed by atoms with E-state index in [4.69, 9.17) is 14.0 Å². The Labute approximate surface area is 167 Å². The molecule has 0 aliphatic carbocycles. The van der Waals surface area contributed by atoms with Gasteiger partial charge in [-0.2, -0.15) is 4.98 Å². The van der Waals surface area contributed by atoms with Crippen molar-refractivity contribution in [3.8, 4) is 23.0 Å². The van der Waals surface area contributed by atoms with E-state index in [0.29, 0.717) is 36.2 Å². The number of fused-ring (bicyclic) bond motifs is 1. The Balaban J connectivity index is 1.34. The highest BCUT2D eigenvalue weighted by molar-refractivity contribution is 5.96. The third-order valence-electron chi connectivity index (χ3n) is 5.23. The first-order chi connectivity index (χ1) is 14.1. The van der Waals surface area contributed by atoms with Crippen molar-refractivity contribution < 1.29 is 18.8 Å². The molecule has 0 radical (unpaired) electrons. The summed E-state index contributed by atoms with van der Waals surface area (Å²) in [7, 11) is 3.98. The van der Waals surface area contributed by atoms with Gasteiger partial charge in [0.1, 0.15) is 0 Å². The van der Waals surface area contributed by atoms with Crippen LogP contribution in [0.1, 0.15) is 18.2 Å². The molecule has 0 N–H and O–H groups in total. The van der Waals surface area contributed by atoms with Gasteiger partial charge in [0.05, 0.1) is 0 Å². The summed E-state index contributed by atoms with van der Waals surface area (Å²) in [5.74, 6) is 2.26. The molecule has 3 aromatic rings. The number of carbonyl (C=O) groups is 1. The maximum atomic E-state index is 12.6. The van der Waals surface area contributed by atoms with Crippen LogP contribution in [-0.2, 0) is 4.79 Å². The lowest BCUT2D eigenvalue weighted by atomic mass is 10.1. The number of anilines is 2. The second-order valence-corrected chi connectivity index (χ2v) is 7.34. The molecule has 29 heavy (non-hydrogen) atoms. The number of amides is 1. The van der Waals surface area contributed by atoms with Crippen LogP contribution >= 0.6 is 0 Å². The molecule has 1 amide bonds. The molecule has 2 aromatic carbocycles. The van der Waals surface area contributed by atoms with E-state index >= 15 is 0 Å². The van der Waals surface area contributed by atoms with Crippen molar-refractivity contribution in [2.24, 2.45) is 0 Å². The monoisotopic (exact) mass is 392 g/mol. The molecule has 1 fully saturated rings. The van der Waals surface area contributed by atoms with Crippen LogP contribution in [0.4, 0.5) is 11.4 Å². The average molecular weight is 392 g/mol. The van der Waals surface area contributed by atoms with E-state index in [1.165, 1.54) is 0 Å². The van der Waals surface area contributed by atoms with Crippen molar-refractivity contribution in [3.63, 3.8) is 0 Å². The van der Waals surface area contributed by atoms with Crippen molar-refractivity contribution >= 4 is 17.3 Å². The number of rotatable bonds is 4. The van der Waals surface area contributed by atoms with Gasteiger partial charge < -0.3 is 23.8 Å². The predicted octanol–water partition coefficient (Wildman–Crippen LogP) is 3.05. The molecule has 0 spiro atoms. The van der Waals surface area contributed by atoms with Crippen LogP contribution in [0.2, 0.25) is 0 Å². The molecule has 2 aliphatic heterocycles. The predicted molar refractivity (Wildman–Crippen MR) is 106 cm³/mol. The van der Waals surface area contributed by atoms with E-state index in [1.807, 2.05) is 61.5 Å². The van der Waals surface area contributed by atoms with Crippen LogP contribution in [0, 0.1) is 0 Å². The number of carbonyl (C=O) groups excluding carboxylic acids is 1. The zero-order valence-electron chi connectivity index (χ0n) is 16.2. The zero-order chi connectivity index (χ0) is 20.0. The van der Waals surface area contributed by atoms with Crippen molar-refractivity contribution in [1.29, 1.82) is 0 Å². The zero-order valence-corrected chi connectivity index (χ0v) is 16.2. The summed E-state index contributed by atoms with van der Waals surface area (Å²) < 4.78 is 16.2. The van der Waals surface area contributed by atoms with Crippen molar-refractivity contribution in [2.75, 3.05) is 37.2 Å². The molecule has 148 valence electrons. The number of hydrogen-bond donors (Lipinski definition) is 0. The normalized spacial score (nSPS) is 17.8. The average Bonchev–Trinajstić information content (AvgIpc) is 3.46. The molecule has 1 unspecified atom stereocenters. The van der Waals surface area contributed by atoms with E-state index in [-0.39, 0.29) is 18.6 Å². The molecule has 8 nitrogen and oxygen atoms in total. The van der Waals surface area contributed by atoms with Gasteiger partial charge in [0.25, 0.3) is 5.89 Å². The number of benzene rings is 2. The van der Waals surface area contributed by atoms with Gasteiger partial charge in [0, 0.05) is 56.0 Å². The maximum Gasteiger partial charge on any atom is 0.257 e. The standard InChI is InChI=1S/C21H20N4O4/c1-24(2)15-5-3-13(4-6-15)21-22-20(23-29-21)14-9-19(26)25(11-14)16-7-8-17-18(10-16)28-12-27-17/h3-8,10,14H,9,11-12H2,1-2H3. The fourth-order valence-corrected chi connectivity index (χ4v) is 3.60. The van der Waals surface area contributed by atoms with Gasteiger partial charge in [0.15, 0.2) is 17.3 Å². The maximum absolute atomic E-state index is 12.6. The van der Waals surface area contributed by atoms with Crippen LogP contribution < -0.4 is 19.3 Å². The Morgan fingerprint density at radius 3 is 2.66 bits per heavy atom. The topological polar surface area (TPSA) is 80.9 Å². The van der Waals surface area contributed by atoms with Gasteiger partial charge in [-0.05, 0) is 36.4 Å². The van der Waals surface area contributed by atoms with E-state index in [0.717, 1.165) is 16.9 Å². The van der Waals surface area contributed by atoms with Crippen molar-refractivity contribution in [2.45, 2.75) is 12.3 Å². The first kappa shape index (κ1) is 17.5. The summed E-state index contributed by atoms with van der Waals surface area (Å²) in [6.45, 7) is 0.702. The van der Waals surface area contributed by atoms with Crippen LogP contribution in [0.25, 0.3) is 11.5 Å². The van der Waals surface area contributed by atoms with Crippen LogP contribution in [-0.4, -0.2) is 43.5 Å². The highest BCUT2D eigenvalue weighted by atomic mass is 16.7. The smallest absolute Gasteiger partial charge is 0.257 e. The molecule has 0 saturated carbocycles. The van der Waals surface area contributed by atoms with E-state index in [9.17, 15) is 4.79 Å². The lowest BCUT2D eigenvalue weighted by Gasteiger charge is -2.16. The van der Waals surface area contributed by atoms with Gasteiger partial charge in [-0.15, -0.1) is 0 Å². The Hall–Kier alpha value is -3.55. The van der Waals surface area contributed by atoms with Gasteiger partial charge in [-0.25, -0.2) is 0 Å². The molecule has 8 heteroatoms. The van der Waals surface area contributed by atoms with E-state index < -0.39 is 0 Å². The van der Waals surface area contributed by atoms with Crippen LogP contribution in [0.3, 0.4) is 0 Å². The van der Waals surface area contributed by atoms with Crippen LogP contribution in [0.15, 0.2) is 47.0 Å². The first-order valence-corrected chi connectivity index (χ1v) is 9.40. The summed E-state index contributed by atoms with van der Waals surface area (Å²) in [5, 5.41) is 4.13. The number of nitrogens with zero attached hydrogens (tertiary/aromatic N) is 4. The number of aromatic nitrogens is 2. The third-order valence-corrected chi connectivity index (χ3v) is 5.23. The Morgan fingerprint density at radius 1 is 1.07 bits per heavy atom. The quantitative estimate of drug-likeness (QED) is 0.675. The molecule has 1 atom stereocenters. The molecule has 1 saturated heterocycles. The lowest BCUT2D eigenvalue weighted by molar-refractivity contribution is -0.117. The fourth-order valence-electron chi connectivity index (χ4n) is 3.60. The van der Waals surface area contributed by atoms with Gasteiger partial charge >= 0.3 is 0 Å². The fraction of sp³-hybridized carbons (Fsp3) is 0.286. The second kappa shape index (κ2) is 6.80.